The van der Waals surface area contributed by atoms with Crippen molar-refractivity contribution in [2.75, 3.05) is 29.9 Å². The van der Waals surface area contributed by atoms with Crippen LogP contribution in [0.4, 0.5) is 15.8 Å². The molecule has 0 spiro atoms. The number of fused-ring (bicyclic) bond motifs is 1. The molecule has 0 unspecified atom stereocenters. The maximum atomic E-state index is 13.9. The minimum atomic E-state index is -3.97. The predicted octanol–water partition coefficient (Wildman–Crippen LogP) is 4.14. The highest BCUT2D eigenvalue weighted by Crippen LogP contribution is 2.34. The average molecular weight is 563 g/mol. The third kappa shape index (κ3) is 5.15. The van der Waals surface area contributed by atoms with E-state index in [2.05, 4.69) is 21.2 Å². The van der Waals surface area contributed by atoms with Crippen molar-refractivity contribution in [1.29, 1.82) is 0 Å². The Bertz CT molecular complexity index is 1410. The summed E-state index contributed by atoms with van der Waals surface area (Å²) >= 11 is 3.12. The van der Waals surface area contributed by atoms with Crippen LogP contribution in [-0.4, -0.2) is 40.6 Å². The number of sulfonamides is 1. The first kappa shape index (κ1) is 24.7. The van der Waals surface area contributed by atoms with Gasteiger partial charge in [0.1, 0.15) is 17.1 Å². The average Bonchev–Trinajstić information content (AvgIpc) is 3.29. The second-order valence-corrected chi connectivity index (χ2v) is 10.3. The number of carbonyl (C=O) groups excluding carboxylic acids is 2. The van der Waals surface area contributed by atoms with E-state index in [4.69, 9.17) is 9.47 Å². The Labute approximate surface area is 209 Å². The lowest BCUT2D eigenvalue weighted by Gasteiger charge is -2.20. The topological polar surface area (TPSA) is 102 Å². The van der Waals surface area contributed by atoms with Crippen LogP contribution in [0, 0.1) is 5.82 Å². The molecule has 3 aromatic rings. The van der Waals surface area contributed by atoms with Gasteiger partial charge in [0.2, 0.25) is 0 Å². The Morgan fingerprint density at radius 2 is 1.89 bits per heavy atom. The zero-order valence-corrected chi connectivity index (χ0v) is 20.9. The molecule has 0 atom stereocenters. The largest absolute Gasteiger partial charge is 0.496 e. The Balaban J connectivity index is 1.51. The molecule has 4 rings (SSSR count). The van der Waals surface area contributed by atoms with Gasteiger partial charge >= 0.3 is 5.97 Å². The van der Waals surface area contributed by atoms with E-state index in [-0.39, 0.29) is 28.4 Å². The first-order valence-corrected chi connectivity index (χ1v) is 12.6. The number of rotatable bonds is 7. The molecule has 0 aromatic heterocycles. The first-order valence-electron chi connectivity index (χ1n) is 10.4. The van der Waals surface area contributed by atoms with Gasteiger partial charge in [-0.05, 0) is 54.4 Å². The summed E-state index contributed by atoms with van der Waals surface area (Å²) in [6.07, 6.45) is 0.578. The van der Waals surface area contributed by atoms with Crippen LogP contribution in [0.5, 0.6) is 5.75 Å². The fourth-order valence-electron chi connectivity index (χ4n) is 3.68. The van der Waals surface area contributed by atoms with Gasteiger partial charge in [-0.15, -0.1) is 0 Å². The molecule has 0 radical (unpaired) electrons. The third-order valence-electron chi connectivity index (χ3n) is 5.36. The lowest BCUT2D eigenvalue weighted by molar-refractivity contribution is -0.119. The number of hydrogen-bond donors (Lipinski definition) is 1. The highest BCUT2D eigenvalue weighted by Gasteiger charge is 2.32. The second-order valence-electron chi connectivity index (χ2n) is 7.57. The molecule has 1 N–H and O–H groups in total. The van der Waals surface area contributed by atoms with Gasteiger partial charge in [0.05, 0.1) is 23.4 Å². The van der Waals surface area contributed by atoms with Gasteiger partial charge in [-0.1, -0.05) is 34.1 Å². The Morgan fingerprint density at radius 1 is 1.11 bits per heavy atom. The smallest absolute Gasteiger partial charge is 0.342 e. The van der Waals surface area contributed by atoms with Crippen molar-refractivity contribution in [1.82, 2.24) is 0 Å². The number of halogens is 2. The second kappa shape index (κ2) is 10.0. The van der Waals surface area contributed by atoms with Gasteiger partial charge in [-0.25, -0.2) is 17.6 Å². The molecule has 0 saturated heterocycles. The zero-order chi connectivity index (χ0) is 25.2. The van der Waals surface area contributed by atoms with Crippen LogP contribution in [0.1, 0.15) is 15.9 Å². The Morgan fingerprint density at radius 3 is 2.63 bits per heavy atom. The van der Waals surface area contributed by atoms with Gasteiger partial charge in [-0.3, -0.25) is 9.10 Å². The van der Waals surface area contributed by atoms with Crippen molar-refractivity contribution >= 4 is 49.2 Å². The van der Waals surface area contributed by atoms with E-state index < -0.39 is 34.3 Å². The summed E-state index contributed by atoms with van der Waals surface area (Å²) in [5.41, 5.74) is 1.26. The van der Waals surface area contributed by atoms with Crippen LogP contribution < -0.4 is 14.4 Å². The van der Waals surface area contributed by atoms with Crippen LogP contribution in [0.15, 0.2) is 70.0 Å². The lowest BCUT2D eigenvalue weighted by atomic mass is 10.2. The van der Waals surface area contributed by atoms with E-state index in [1.54, 1.807) is 18.2 Å². The Hall–Kier alpha value is -3.44. The Kier molecular flexibility index (Phi) is 7.08. The summed E-state index contributed by atoms with van der Waals surface area (Å²) in [5.74, 6) is -2.32. The highest BCUT2D eigenvalue weighted by atomic mass is 79.9. The standard InChI is InChI=1S/C24H20BrFN2O6S/c1-33-22-9-7-17(35(31,32)28-11-10-15-4-2-3-5-21(15)28)13-18(22)24(30)34-14-23(29)27-20-8-6-16(25)12-19(20)26/h2-9,12-13H,10-11,14H2,1H3,(H,27,29). The molecule has 35 heavy (non-hydrogen) atoms. The number of para-hydroxylation sites is 1. The summed E-state index contributed by atoms with van der Waals surface area (Å²) in [7, 11) is -2.65. The number of benzene rings is 3. The number of anilines is 2. The summed E-state index contributed by atoms with van der Waals surface area (Å²) in [4.78, 5) is 24.8. The number of carbonyl (C=O) groups is 2. The molecule has 3 aromatic carbocycles. The van der Waals surface area contributed by atoms with Gasteiger partial charge in [-0.2, -0.15) is 0 Å². The minimum Gasteiger partial charge on any atom is -0.496 e. The maximum Gasteiger partial charge on any atom is 0.342 e. The SMILES string of the molecule is COc1ccc(S(=O)(=O)N2CCc3ccccc32)cc1C(=O)OCC(=O)Nc1ccc(Br)cc1F. The van der Waals surface area contributed by atoms with Crippen molar-refractivity contribution in [3.8, 4) is 5.75 Å². The third-order valence-corrected chi connectivity index (χ3v) is 7.67. The van der Waals surface area contributed by atoms with E-state index in [0.717, 1.165) is 11.6 Å². The van der Waals surface area contributed by atoms with Crippen LogP contribution in [0.3, 0.4) is 0 Å². The van der Waals surface area contributed by atoms with Gasteiger partial charge in [0.15, 0.2) is 6.61 Å². The normalized spacial score (nSPS) is 12.7. The van der Waals surface area contributed by atoms with Crippen molar-refractivity contribution in [3.63, 3.8) is 0 Å². The molecule has 1 heterocycles. The number of methoxy groups -OCH3 is 1. The fourth-order valence-corrected chi connectivity index (χ4v) is 5.54. The lowest BCUT2D eigenvalue weighted by Crippen LogP contribution is -2.29. The van der Waals surface area contributed by atoms with Crippen molar-refractivity contribution in [2.45, 2.75) is 11.3 Å². The molecule has 0 bridgehead atoms. The van der Waals surface area contributed by atoms with Crippen LogP contribution >= 0.6 is 15.9 Å². The minimum absolute atomic E-state index is 0.0779. The van der Waals surface area contributed by atoms with E-state index in [0.29, 0.717) is 16.6 Å². The van der Waals surface area contributed by atoms with Gasteiger partial charge in [0, 0.05) is 11.0 Å². The molecular formula is C24H20BrFN2O6S. The number of ether oxygens (including phenoxy) is 2. The number of hydrogen-bond acceptors (Lipinski definition) is 6. The molecule has 8 nitrogen and oxygen atoms in total. The van der Waals surface area contributed by atoms with E-state index in [1.165, 1.54) is 35.7 Å². The van der Waals surface area contributed by atoms with E-state index in [1.807, 2.05) is 12.1 Å². The molecule has 1 aliphatic heterocycles. The molecular weight excluding hydrogens is 543 g/mol. The first-order chi connectivity index (χ1) is 16.7. The van der Waals surface area contributed by atoms with E-state index >= 15 is 0 Å². The maximum absolute atomic E-state index is 13.9. The van der Waals surface area contributed by atoms with Crippen LogP contribution in [-0.2, 0) is 26.0 Å². The van der Waals surface area contributed by atoms with Crippen LogP contribution in [0.2, 0.25) is 0 Å². The molecule has 0 fully saturated rings. The van der Waals surface area contributed by atoms with Crippen LogP contribution in [0.25, 0.3) is 0 Å². The summed E-state index contributed by atoms with van der Waals surface area (Å²) in [6, 6.07) is 15.1. The monoisotopic (exact) mass is 562 g/mol. The number of esters is 1. The predicted molar refractivity (Wildman–Crippen MR) is 131 cm³/mol. The van der Waals surface area contributed by atoms with E-state index in [9.17, 15) is 22.4 Å². The summed E-state index contributed by atoms with van der Waals surface area (Å²) < 4.78 is 52.6. The zero-order valence-electron chi connectivity index (χ0n) is 18.5. The molecule has 0 saturated carbocycles. The number of nitrogens with zero attached hydrogens (tertiary/aromatic N) is 1. The fraction of sp³-hybridized carbons (Fsp3) is 0.167. The van der Waals surface area contributed by atoms with Gasteiger partial charge < -0.3 is 14.8 Å². The highest BCUT2D eigenvalue weighted by molar-refractivity contribution is 9.10. The number of nitrogens with one attached hydrogen (secondary N) is 1. The molecule has 11 heteroatoms. The van der Waals surface area contributed by atoms with Crippen molar-refractivity contribution in [2.24, 2.45) is 0 Å². The van der Waals surface area contributed by atoms with Crippen molar-refractivity contribution in [3.05, 3.63) is 82.1 Å². The molecule has 0 aliphatic carbocycles. The molecule has 1 aliphatic rings. The van der Waals surface area contributed by atoms with Gasteiger partial charge in [0.25, 0.3) is 15.9 Å². The molecule has 182 valence electrons. The van der Waals surface area contributed by atoms with Crippen molar-refractivity contribution < 1.29 is 31.9 Å². The summed E-state index contributed by atoms with van der Waals surface area (Å²) in [5, 5.41) is 2.31. The quantitative estimate of drug-likeness (QED) is 0.434. The summed E-state index contributed by atoms with van der Waals surface area (Å²) in [6.45, 7) is -0.436. The number of amides is 1. The molecule has 1 amide bonds.